The van der Waals surface area contributed by atoms with E-state index >= 15 is 0 Å². The van der Waals surface area contributed by atoms with E-state index in [4.69, 9.17) is 5.21 Å². The summed E-state index contributed by atoms with van der Waals surface area (Å²) in [6.45, 7) is 5.64. The molecule has 1 N–H and O–H groups in total. The molecule has 0 saturated carbocycles. The predicted octanol–water partition coefficient (Wildman–Crippen LogP) is 1.50. The van der Waals surface area contributed by atoms with Crippen molar-refractivity contribution < 1.29 is 5.21 Å². The maximum Gasteiger partial charge on any atom is 0.186 e. The number of hydrogen-bond acceptors (Lipinski definition) is 5. The van der Waals surface area contributed by atoms with E-state index in [0.717, 1.165) is 5.16 Å². The topological polar surface area (TPSA) is 63.3 Å². The molecular weight excluding hydrogens is 200 g/mol. The molecule has 0 fully saturated rings. The standard InChI is InChI=1S/C8H14N4OS/c1-6-10-7(14-4)12(11-6)8(2,3)5-9-13/h5,13H,1-4H3. The second-order valence-electron chi connectivity index (χ2n) is 3.46. The molecule has 0 atom stereocenters. The van der Waals surface area contributed by atoms with Crippen molar-refractivity contribution in [3.05, 3.63) is 5.82 Å². The zero-order valence-electron chi connectivity index (χ0n) is 8.72. The molecule has 0 aliphatic rings. The van der Waals surface area contributed by atoms with Gasteiger partial charge in [0.2, 0.25) is 0 Å². The van der Waals surface area contributed by atoms with Crippen LogP contribution in [0.1, 0.15) is 19.7 Å². The zero-order valence-corrected chi connectivity index (χ0v) is 9.54. The second-order valence-corrected chi connectivity index (χ2v) is 4.23. The van der Waals surface area contributed by atoms with Crippen molar-refractivity contribution in [1.82, 2.24) is 14.8 Å². The lowest BCUT2D eigenvalue weighted by atomic mass is 10.1. The summed E-state index contributed by atoms with van der Waals surface area (Å²) >= 11 is 1.52. The summed E-state index contributed by atoms with van der Waals surface area (Å²) in [6.07, 6.45) is 3.37. The van der Waals surface area contributed by atoms with Gasteiger partial charge in [0.05, 0.1) is 11.8 Å². The molecule has 0 amide bonds. The SMILES string of the molecule is CSc1nc(C)nn1C(C)(C)C=NO. The summed E-state index contributed by atoms with van der Waals surface area (Å²) in [5.41, 5.74) is -0.464. The van der Waals surface area contributed by atoms with Crippen LogP contribution in [0.25, 0.3) is 0 Å². The minimum Gasteiger partial charge on any atom is -0.411 e. The van der Waals surface area contributed by atoms with Gasteiger partial charge in [-0.25, -0.2) is 9.67 Å². The molecule has 0 unspecified atom stereocenters. The molecular formula is C8H14N4OS. The normalized spacial score (nSPS) is 12.6. The summed E-state index contributed by atoms with van der Waals surface area (Å²) in [6, 6.07) is 0. The molecule has 1 aromatic heterocycles. The third-order valence-corrected chi connectivity index (χ3v) is 2.41. The van der Waals surface area contributed by atoms with E-state index in [1.54, 1.807) is 4.68 Å². The number of aryl methyl sites for hydroxylation is 1. The van der Waals surface area contributed by atoms with E-state index in [0.29, 0.717) is 5.82 Å². The van der Waals surface area contributed by atoms with E-state index in [9.17, 15) is 0 Å². The smallest absolute Gasteiger partial charge is 0.186 e. The number of hydrogen-bond donors (Lipinski definition) is 1. The molecule has 0 spiro atoms. The fourth-order valence-corrected chi connectivity index (χ4v) is 1.77. The average Bonchev–Trinajstić information content (AvgIpc) is 2.47. The van der Waals surface area contributed by atoms with Crippen molar-refractivity contribution in [3.63, 3.8) is 0 Å². The highest BCUT2D eigenvalue weighted by Gasteiger charge is 2.23. The van der Waals surface area contributed by atoms with Gasteiger partial charge in [-0.15, -0.1) is 0 Å². The van der Waals surface area contributed by atoms with Gasteiger partial charge < -0.3 is 5.21 Å². The highest BCUT2D eigenvalue weighted by molar-refractivity contribution is 7.98. The Morgan fingerprint density at radius 1 is 1.57 bits per heavy atom. The molecule has 0 saturated heterocycles. The van der Waals surface area contributed by atoms with Crippen molar-refractivity contribution in [2.24, 2.45) is 5.16 Å². The molecule has 6 heteroatoms. The largest absolute Gasteiger partial charge is 0.411 e. The van der Waals surface area contributed by atoms with Crippen LogP contribution in [-0.2, 0) is 5.54 Å². The number of nitrogens with zero attached hydrogens (tertiary/aromatic N) is 4. The minimum atomic E-state index is -0.464. The molecule has 0 aliphatic carbocycles. The molecule has 5 nitrogen and oxygen atoms in total. The van der Waals surface area contributed by atoms with Crippen LogP contribution in [0, 0.1) is 6.92 Å². The summed E-state index contributed by atoms with van der Waals surface area (Å²) in [7, 11) is 0. The lowest BCUT2D eigenvalue weighted by Gasteiger charge is -2.20. The molecule has 1 heterocycles. The van der Waals surface area contributed by atoms with Crippen LogP contribution in [0.15, 0.2) is 10.3 Å². The molecule has 0 aromatic carbocycles. The highest BCUT2D eigenvalue weighted by atomic mass is 32.2. The van der Waals surface area contributed by atoms with Gasteiger partial charge in [-0.05, 0) is 27.0 Å². The first kappa shape index (κ1) is 11.0. The van der Waals surface area contributed by atoms with Crippen LogP contribution >= 0.6 is 11.8 Å². The van der Waals surface area contributed by atoms with Gasteiger partial charge in [0.15, 0.2) is 5.16 Å². The van der Waals surface area contributed by atoms with E-state index in [-0.39, 0.29) is 0 Å². The Labute approximate surface area is 87.2 Å². The van der Waals surface area contributed by atoms with Crippen molar-refractivity contribution in [1.29, 1.82) is 0 Å². The first-order valence-corrected chi connectivity index (χ1v) is 5.40. The molecule has 0 bridgehead atoms. The summed E-state index contributed by atoms with van der Waals surface area (Å²) in [5.74, 6) is 0.716. The first-order chi connectivity index (χ1) is 6.51. The lowest BCUT2D eigenvalue weighted by molar-refractivity contribution is 0.308. The quantitative estimate of drug-likeness (QED) is 0.358. The van der Waals surface area contributed by atoms with Crippen molar-refractivity contribution in [2.75, 3.05) is 6.26 Å². The maximum atomic E-state index is 8.53. The van der Waals surface area contributed by atoms with Crippen LogP contribution in [0.4, 0.5) is 0 Å². The summed E-state index contributed by atoms with van der Waals surface area (Å²) in [5, 5.41) is 16.6. The number of aromatic nitrogens is 3. The monoisotopic (exact) mass is 214 g/mol. The van der Waals surface area contributed by atoms with E-state index in [1.165, 1.54) is 18.0 Å². The Morgan fingerprint density at radius 2 is 2.21 bits per heavy atom. The van der Waals surface area contributed by atoms with Crippen LogP contribution in [0.2, 0.25) is 0 Å². The summed E-state index contributed by atoms with van der Waals surface area (Å²) < 4.78 is 1.74. The average molecular weight is 214 g/mol. The van der Waals surface area contributed by atoms with Gasteiger partial charge in [0.25, 0.3) is 0 Å². The predicted molar refractivity (Wildman–Crippen MR) is 56.1 cm³/mol. The molecule has 14 heavy (non-hydrogen) atoms. The third-order valence-electron chi connectivity index (χ3n) is 1.79. The molecule has 1 aromatic rings. The molecule has 1 rings (SSSR count). The number of thioether (sulfide) groups is 1. The van der Waals surface area contributed by atoms with Gasteiger partial charge in [-0.2, -0.15) is 5.10 Å². The second kappa shape index (κ2) is 4.00. The van der Waals surface area contributed by atoms with Crippen LogP contribution in [-0.4, -0.2) is 32.4 Å². The van der Waals surface area contributed by atoms with Crippen LogP contribution in [0.3, 0.4) is 0 Å². The Kier molecular flexibility index (Phi) is 3.15. The fraction of sp³-hybridized carbons (Fsp3) is 0.625. The van der Waals surface area contributed by atoms with Crippen LogP contribution in [0.5, 0.6) is 0 Å². The molecule has 0 radical (unpaired) electrons. The first-order valence-electron chi connectivity index (χ1n) is 4.18. The van der Waals surface area contributed by atoms with E-state index in [2.05, 4.69) is 15.2 Å². The van der Waals surface area contributed by atoms with Crippen LogP contribution < -0.4 is 0 Å². The van der Waals surface area contributed by atoms with Crippen molar-refractivity contribution >= 4 is 18.0 Å². The van der Waals surface area contributed by atoms with E-state index < -0.39 is 5.54 Å². The Morgan fingerprint density at radius 3 is 2.71 bits per heavy atom. The maximum absolute atomic E-state index is 8.53. The van der Waals surface area contributed by atoms with Gasteiger partial charge in [0, 0.05) is 0 Å². The Bertz CT molecular complexity index is 345. The van der Waals surface area contributed by atoms with Gasteiger partial charge in [-0.3, -0.25) is 0 Å². The van der Waals surface area contributed by atoms with Gasteiger partial charge in [0.1, 0.15) is 5.82 Å². The number of oxime groups is 1. The fourth-order valence-electron chi connectivity index (χ4n) is 1.10. The van der Waals surface area contributed by atoms with Gasteiger partial charge >= 0.3 is 0 Å². The lowest BCUT2D eigenvalue weighted by Crippen LogP contribution is -2.30. The Hall–Kier alpha value is -1.04. The zero-order chi connectivity index (χ0) is 10.8. The third kappa shape index (κ3) is 2.06. The molecule has 78 valence electrons. The minimum absolute atomic E-state index is 0.464. The highest BCUT2D eigenvalue weighted by Crippen LogP contribution is 2.20. The van der Waals surface area contributed by atoms with Gasteiger partial charge in [-0.1, -0.05) is 16.9 Å². The molecule has 0 aliphatic heterocycles. The van der Waals surface area contributed by atoms with Crippen molar-refractivity contribution in [2.45, 2.75) is 31.5 Å². The Balaban J connectivity index is 3.16. The van der Waals surface area contributed by atoms with Crippen molar-refractivity contribution in [3.8, 4) is 0 Å². The summed E-state index contributed by atoms with van der Waals surface area (Å²) in [4.78, 5) is 4.25. The van der Waals surface area contributed by atoms with E-state index in [1.807, 2.05) is 27.0 Å². The number of rotatable bonds is 3.